The van der Waals surface area contributed by atoms with Crippen molar-refractivity contribution < 1.29 is 14.6 Å². The van der Waals surface area contributed by atoms with Crippen molar-refractivity contribution in [2.24, 2.45) is 0 Å². The maximum Gasteiger partial charge on any atom is 0.126 e. The predicted octanol–water partition coefficient (Wildman–Crippen LogP) is 5.63. The van der Waals surface area contributed by atoms with Gasteiger partial charge in [-0.2, -0.15) is 0 Å². The Kier molecular flexibility index (Phi) is 8.74. The van der Waals surface area contributed by atoms with Crippen LogP contribution in [0.5, 0.6) is 11.5 Å². The lowest BCUT2D eigenvalue weighted by Crippen LogP contribution is -2.19. The molecule has 3 aromatic rings. The molecule has 0 saturated heterocycles. The first-order valence-corrected chi connectivity index (χ1v) is 11.0. The quantitative estimate of drug-likeness (QED) is 0.405. The van der Waals surface area contributed by atoms with Gasteiger partial charge < -0.3 is 19.5 Å². The van der Waals surface area contributed by atoms with Gasteiger partial charge in [-0.15, -0.1) is 0 Å². The first-order chi connectivity index (χ1) is 15.5. The van der Waals surface area contributed by atoms with E-state index in [1.165, 1.54) is 0 Å². The second-order valence-electron chi connectivity index (χ2n) is 7.71. The van der Waals surface area contributed by atoms with Crippen molar-refractivity contribution in [3.63, 3.8) is 0 Å². The third-order valence-corrected chi connectivity index (χ3v) is 5.43. The highest BCUT2D eigenvalue weighted by Gasteiger charge is 2.17. The van der Waals surface area contributed by atoms with Crippen LogP contribution in [0.15, 0.2) is 72.8 Å². The second-order valence-corrected chi connectivity index (χ2v) is 8.15. The lowest BCUT2D eigenvalue weighted by atomic mass is 9.87. The van der Waals surface area contributed by atoms with Crippen molar-refractivity contribution >= 4 is 22.7 Å². The van der Waals surface area contributed by atoms with Crippen molar-refractivity contribution in [2.75, 3.05) is 41.0 Å². The molecular formula is C27H30ClNO3. The highest BCUT2D eigenvalue weighted by atomic mass is 35.5. The Morgan fingerprint density at radius 3 is 2.19 bits per heavy atom. The minimum absolute atomic E-state index is 0.0301. The Bertz CT molecular complexity index is 1030. The van der Waals surface area contributed by atoms with Crippen LogP contribution in [0.25, 0.3) is 11.1 Å². The van der Waals surface area contributed by atoms with Gasteiger partial charge in [0.25, 0.3) is 0 Å². The zero-order chi connectivity index (χ0) is 22.9. The minimum atomic E-state index is 0.0301. The molecule has 168 valence electrons. The van der Waals surface area contributed by atoms with Crippen LogP contribution in [-0.4, -0.2) is 51.0 Å². The normalized spacial score (nSPS) is 11.9. The highest BCUT2D eigenvalue weighted by Crippen LogP contribution is 2.39. The van der Waals surface area contributed by atoms with Crippen molar-refractivity contribution in [3.8, 4) is 11.5 Å². The van der Waals surface area contributed by atoms with Gasteiger partial charge in [-0.3, -0.25) is 0 Å². The van der Waals surface area contributed by atoms with Crippen LogP contribution in [-0.2, 0) is 0 Å². The van der Waals surface area contributed by atoms with Gasteiger partial charge in [0.2, 0.25) is 0 Å². The molecule has 0 aliphatic heterocycles. The SMILES string of the molecule is COc1ccccc1/C(=C(/CCO)c1ccc(Cl)cc1)c1ccc(OCCN(C)C)cc1. The standard InChI is InChI=1S/C27H30ClNO3/c1-29(2)17-19-32-23-14-10-21(11-15-23)27(25-6-4-5-7-26(25)31-3)24(16-18-30)20-8-12-22(28)13-9-20/h4-15,30H,16-19H2,1-3H3/b27-24-. The molecule has 0 aromatic heterocycles. The zero-order valence-corrected chi connectivity index (χ0v) is 19.6. The van der Waals surface area contributed by atoms with E-state index < -0.39 is 0 Å². The number of benzene rings is 3. The smallest absolute Gasteiger partial charge is 0.126 e. The highest BCUT2D eigenvalue weighted by molar-refractivity contribution is 6.30. The molecule has 0 fully saturated rings. The molecule has 0 aliphatic carbocycles. The van der Waals surface area contributed by atoms with Crippen molar-refractivity contribution in [3.05, 3.63) is 94.5 Å². The second kappa shape index (κ2) is 11.7. The average Bonchev–Trinajstić information content (AvgIpc) is 2.80. The number of methoxy groups -OCH3 is 1. The van der Waals surface area contributed by atoms with Crippen molar-refractivity contribution in [1.29, 1.82) is 0 Å². The minimum Gasteiger partial charge on any atom is -0.496 e. The van der Waals surface area contributed by atoms with Crippen LogP contribution < -0.4 is 9.47 Å². The van der Waals surface area contributed by atoms with Crippen molar-refractivity contribution in [1.82, 2.24) is 4.90 Å². The number of rotatable bonds is 10. The zero-order valence-electron chi connectivity index (χ0n) is 18.8. The summed E-state index contributed by atoms with van der Waals surface area (Å²) >= 11 is 6.13. The molecule has 0 radical (unpaired) electrons. The Morgan fingerprint density at radius 2 is 1.56 bits per heavy atom. The van der Waals surface area contributed by atoms with E-state index in [-0.39, 0.29) is 6.61 Å². The van der Waals surface area contributed by atoms with Gasteiger partial charge in [0, 0.05) is 23.7 Å². The molecule has 0 spiro atoms. The summed E-state index contributed by atoms with van der Waals surface area (Å²) in [5.74, 6) is 1.60. The van der Waals surface area contributed by atoms with Gasteiger partial charge in [0.15, 0.2) is 0 Å². The van der Waals surface area contributed by atoms with Gasteiger partial charge in [0.05, 0.1) is 7.11 Å². The Balaban J connectivity index is 2.12. The van der Waals surface area contributed by atoms with Gasteiger partial charge in [-0.05, 0) is 73.1 Å². The van der Waals surface area contributed by atoms with E-state index in [1.807, 2.05) is 74.8 Å². The van der Waals surface area contributed by atoms with E-state index in [0.717, 1.165) is 45.9 Å². The number of ether oxygens (including phenoxy) is 2. The number of nitrogens with zero attached hydrogens (tertiary/aromatic N) is 1. The van der Waals surface area contributed by atoms with E-state index in [0.29, 0.717) is 18.1 Å². The number of hydrogen-bond donors (Lipinski definition) is 1. The van der Waals surface area contributed by atoms with Crippen LogP contribution in [0.2, 0.25) is 5.02 Å². The maximum atomic E-state index is 9.89. The third kappa shape index (κ3) is 6.13. The summed E-state index contributed by atoms with van der Waals surface area (Å²) in [6.07, 6.45) is 0.496. The molecule has 32 heavy (non-hydrogen) atoms. The van der Waals surface area contributed by atoms with E-state index in [1.54, 1.807) is 7.11 Å². The Labute approximate surface area is 195 Å². The van der Waals surface area contributed by atoms with Gasteiger partial charge >= 0.3 is 0 Å². The van der Waals surface area contributed by atoms with E-state index in [4.69, 9.17) is 21.1 Å². The summed E-state index contributed by atoms with van der Waals surface area (Å²) in [5, 5.41) is 10.6. The van der Waals surface area contributed by atoms with Crippen LogP contribution in [0, 0.1) is 0 Å². The number of hydrogen-bond acceptors (Lipinski definition) is 4. The fourth-order valence-electron chi connectivity index (χ4n) is 3.58. The van der Waals surface area contributed by atoms with E-state index in [2.05, 4.69) is 17.0 Å². The topological polar surface area (TPSA) is 41.9 Å². The van der Waals surface area contributed by atoms with E-state index in [9.17, 15) is 5.11 Å². The lowest BCUT2D eigenvalue weighted by molar-refractivity contribution is 0.261. The Morgan fingerprint density at radius 1 is 0.906 bits per heavy atom. The summed E-state index contributed by atoms with van der Waals surface area (Å²) in [5.41, 5.74) is 5.03. The molecular weight excluding hydrogens is 422 g/mol. The number of aliphatic hydroxyl groups is 1. The van der Waals surface area contributed by atoms with Crippen LogP contribution in [0.1, 0.15) is 23.1 Å². The summed E-state index contributed by atoms with van der Waals surface area (Å²) < 4.78 is 11.6. The molecule has 5 heteroatoms. The van der Waals surface area contributed by atoms with E-state index >= 15 is 0 Å². The molecule has 0 saturated carbocycles. The van der Waals surface area contributed by atoms with Crippen LogP contribution in [0.4, 0.5) is 0 Å². The molecule has 4 nitrogen and oxygen atoms in total. The number of aliphatic hydroxyl groups excluding tert-OH is 1. The molecule has 0 heterocycles. The Hall–Kier alpha value is -2.79. The van der Waals surface area contributed by atoms with Gasteiger partial charge in [-0.1, -0.05) is 54.1 Å². The van der Waals surface area contributed by atoms with Crippen LogP contribution >= 0.6 is 11.6 Å². The molecule has 0 atom stereocenters. The molecule has 0 aliphatic rings. The summed E-state index contributed by atoms with van der Waals surface area (Å²) in [6.45, 7) is 1.51. The molecule has 0 bridgehead atoms. The molecule has 0 unspecified atom stereocenters. The fraction of sp³-hybridized carbons (Fsp3) is 0.259. The first-order valence-electron chi connectivity index (χ1n) is 10.6. The number of halogens is 1. The summed E-state index contributed by atoms with van der Waals surface area (Å²) in [6, 6.07) is 23.7. The average molecular weight is 452 g/mol. The van der Waals surface area contributed by atoms with Crippen LogP contribution in [0.3, 0.4) is 0 Å². The van der Waals surface area contributed by atoms with Crippen molar-refractivity contribution in [2.45, 2.75) is 6.42 Å². The molecule has 0 amide bonds. The lowest BCUT2D eigenvalue weighted by Gasteiger charge is -2.19. The number of likely N-dealkylation sites (N-methyl/N-ethyl adjacent to an activating group) is 1. The largest absolute Gasteiger partial charge is 0.496 e. The monoisotopic (exact) mass is 451 g/mol. The first kappa shape index (κ1) is 23.9. The molecule has 3 aromatic carbocycles. The predicted molar refractivity (Wildman–Crippen MR) is 133 cm³/mol. The molecule has 1 N–H and O–H groups in total. The third-order valence-electron chi connectivity index (χ3n) is 5.18. The summed E-state index contributed by atoms with van der Waals surface area (Å²) in [7, 11) is 5.72. The van der Waals surface area contributed by atoms with Gasteiger partial charge in [0.1, 0.15) is 18.1 Å². The fourth-order valence-corrected chi connectivity index (χ4v) is 3.71. The van der Waals surface area contributed by atoms with Gasteiger partial charge in [-0.25, -0.2) is 0 Å². The maximum absolute atomic E-state index is 9.89. The number of para-hydroxylation sites is 1. The summed E-state index contributed by atoms with van der Waals surface area (Å²) in [4.78, 5) is 2.09. The molecule has 3 rings (SSSR count).